The van der Waals surface area contributed by atoms with E-state index in [4.69, 9.17) is 15.2 Å². The van der Waals surface area contributed by atoms with E-state index in [9.17, 15) is 18.3 Å². The summed E-state index contributed by atoms with van der Waals surface area (Å²) in [6, 6.07) is 11.7. The summed E-state index contributed by atoms with van der Waals surface area (Å²) in [5, 5.41) is 32.1. The molecule has 23 heavy (non-hydrogen) atoms. The van der Waals surface area contributed by atoms with Gasteiger partial charge in [0.15, 0.2) is 6.20 Å². The minimum absolute atomic E-state index is 0.126. The van der Waals surface area contributed by atoms with E-state index in [1.165, 1.54) is 0 Å². The molecule has 1 aromatic heterocycles. The highest BCUT2D eigenvalue weighted by molar-refractivity contribution is 5.76. The van der Waals surface area contributed by atoms with Crippen LogP contribution in [-0.4, -0.2) is 28.5 Å². The molecule has 2 aromatic rings. The number of aliphatic hydroxyl groups is 1. The summed E-state index contributed by atoms with van der Waals surface area (Å²) in [4.78, 5) is 8.78. The van der Waals surface area contributed by atoms with Crippen molar-refractivity contribution in [3.05, 3.63) is 36.5 Å². The number of nitrogens with zero attached hydrogens (tertiary/aromatic N) is 3. The summed E-state index contributed by atoms with van der Waals surface area (Å²) in [7, 11) is 0. The first-order valence-electron chi connectivity index (χ1n) is 6.32. The Morgan fingerprint density at radius 3 is 2.57 bits per heavy atom. The van der Waals surface area contributed by atoms with Crippen LogP contribution in [0.5, 0.6) is 0 Å². The van der Waals surface area contributed by atoms with Crippen molar-refractivity contribution < 1.29 is 32.9 Å². The SMILES string of the molecule is N#CC[C@H](O)C[n+]1ccc2ccccc2n1.O=C([O-])C(F)(F)F. The molecule has 0 amide bonds. The average molecular weight is 327 g/mol. The molecule has 122 valence electrons. The number of aliphatic hydroxyl groups excluding tert-OH is 1. The van der Waals surface area contributed by atoms with Gasteiger partial charge in [-0.3, -0.25) is 0 Å². The van der Waals surface area contributed by atoms with Gasteiger partial charge >= 0.3 is 6.18 Å². The number of carbonyl (C=O) groups excluding carboxylic acids is 1. The third-order valence-corrected chi connectivity index (χ3v) is 2.56. The smallest absolute Gasteiger partial charge is 0.430 e. The number of carboxylic acids is 1. The summed E-state index contributed by atoms with van der Waals surface area (Å²) in [5.74, 6) is -3.01. The summed E-state index contributed by atoms with van der Waals surface area (Å²) in [6.07, 6.45) is -3.92. The standard InChI is InChI=1S/C12H12N3O.C2HF3O2/c13-7-5-11(16)9-15-8-6-10-3-1-2-4-12(10)14-15;3-2(4,5)1(6)7/h1-4,6,8,11,16H,5,9H2;(H,6,7)/q+1;/p-1/t11-;/m0./s1. The monoisotopic (exact) mass is 327 g/mol. The molecule has 0 radical (unpaired) electrons. The number of fused-ring (bicyclic) bond motifs is 1. The molecule has 0 spiro atoms. The minimum atomic E-state index is -5.19. The van der Waals surface area contributed by atoms with Crippen LogP contribution in [0.15, 0.2) is 36.5 Å². The number of aromatic nitrogens is 2. The number of carboxylic acid groups (broad SMARTS) is 1. The maximum atomic E-state index is 10.5. The Bertz CT molecular complexity index is 713. The van der Waals surface area contributed by atoms with Crippen LogP contribution >= 0.6 is 0 Å². The second kappa shape index (κ2) is 8.05. The van der Waals surface area contributed by atoms with Crippen molar-refractivity contribution in [2.75, 3.05) is 0 Å². The van der Waals surface area contributed by atoms with E-state index in [-0.39, 0.29) is 6.42 Å². The molecule has 0 saturated heterocycles. The normalized spacial score (nSPS) is 12.0. The second-order valence-corrected chi connectivity index (χ2v) is 4.40. The van der Waals surface area contributed by atoms with Gasteiger partial charge in [0, 0.05) is 16.6 Å². The number of hydrogen-bond donors (Lipinski definition) is 1. The second-order valence-electron chi connectivity index (χ2n) is 4.40. The Labute approximate surface area is 129 Å². The van der Waals surface area contributed by atoms with Crippen molar-refractivity contribution in [2.24, 2.45) is 0 Å². The predicted molar refractivity (Wildman–Crippen MR) is 69.2 cm³/mol. The van der Waals surface area contributed by atoms with Crippen molar-refractivity contribution in [2.45, 2.75) is 25.2 Å². The lowest BCUT2D eigenvalue weighted by atomic mass is 10.2. The van der Waals surface area contributed by atoms with E-state index in [0.29, 0.717) is 6.54 Å². The molecule has 1 atom stereocenters. The largest absolute Gasteiger partial charge is 0.542 e. The lowest BCUT2D eigenvalue weighted by Crippen LogP contribution is -2.42. The van der Waals surface area contributed by atoms with Gasteiger partial charge < -0.3 is 15.0 Å². The molecule has 0 unspecified atom stereocenters. The average Bonchev–Trinajstić information content (AvgIpc) is 2.47. The lowest BCUT2D eigenvalue weighted by molar-refractivity contribution is -0.757. The third-order valence-electron chi connectivity index (χ3n) is 2.56. The lowest BCUT2D eigenvalue weighted by Gasteiger charge is -2.03. The number of carbonyl (C=O) groups is 1. The number of nitriles is 1. The Hall–Kier alpha value is -2.73. The van der Waals surface area contributed by atoms with Crippen LogP contribution in [0.1, 0.15) is 6.42 Å². The van der Waals surface area contributed by atoms with E-state index < -0.39 is 18.2 Å². The van der Waals surface area contributed by atoms with Gasteiger partial charge in [0.2, 0.25) is 6.54 Å². The molecular formula is C14H12F3N3O3. The maximum absolute atomic E-state index is 10.5. The van der Waals surface area contributed by atoms with Crippen LogP contribution in [-0.2, 0) is 11.3 Å². The van der Waals surface area contributed by atoms with Gasteiger partial charge in [-0.05, 0) is 6.07 Å². The molecule has 1 N–H and O–H groups in total. The number of aliphatic carboxylic acids is 1. The van der Waals surface area contributed by atoms with Gasteiger partial charge in [-0.1, -0.05) is 22.9 Å². The highest BCUT2D eigenvalue weighted by atomic mass is 19.4. The molecule has 0 aliphatic carbocycles. The molecule has 6 nitrogen and oxygen atoms in total. The Morgan fingerprint density at radius 2 is 2.00 bits per heavy atom. The molecule has 0 aliphatic rings. The van der Waals surface area contributed by atoms with Crippen LogP contribution in [0.25, 0.3) is 10.9 Å². The molecule has 1 heterocycles. The first-order chi connectivity index (χ1) is 10.7. The van der Waals surface area contributed by atoms with E-state index in [1.54, 1.807) is 4.68 Å². The Kier molecular flexibility index (Phi) is 6.41. The Morgan fingerprint density at radius 1 is 1.39 bits per heavy atom. The van der Waals surface area contributed by atoms with Gasteiger partial charge in [-0.25, -0.2) is 0 Å². The van der Waals surface area contributed by atoms with Crippen LogP contribution in [0.3, 0.4) is 0 Å². The highest BCUT2D eigenvalue weighted by Gasteiger charge is 2.28. The molecule has 1 aromatic carbocycles. The summed E-state index contributed by atoms with van der Waals surface area (Å²) in [5.41, 5.74) is 0.883. The van der Waals surface area contributed by atoms with E-state index >= 15 is 0 Å². The van der Waals surface area contributed by atoms with Crippen molar-refractivity contribution in [1.29, 1.82) is 5.26 Å². The van der Waals surface area contributed by atoms with Crippen LogP contribution in [0.2, 0.25) is 0 Å². The zero-order valence-corrected chi connectivity index (χ0v) is 11.7. The third kappa shape index (κ3) is 6.27. The minimum Gasteiger partial charge on any atom is -0.542 e. The van der Waals surface area contributed by atoms with Crippen LogP contribution in [0.4, 0.5) is 13.2 Å². The number of rotatable bonds is 3. The molecule has 2 rings (SSSR count). The first kappa shape index (κ1) is 18.3. The summed E-state index contributed by atoms with van der Waals surface area (Å²) < 4.78 is 33.2. The molecule has 0 fully saturated rings. The van der Waals surface area contributed by atoms with Gasteiger partial charge in [0.25, 0.3) is 0 Å². The molecule has 0 saturated carbocycles. The Balaban J connectivity index is 0.000000322. The van der Waals surface area contributed by atoms with Gasteiger partial charge in [-0.2, -0.15) is 18.4 Å². The van der Waals surface area contributed by atoms with Crippen molar-refractivity contribution in [3.8, 4) is 6.07 Å². The number of benzene rings is 1. The zero-order valence-electron chi connectivity index (χ0n) is 11.7. The van der Waals surface area contributed by atoms with Crippen molar-refractivity contribution >= 4 is 16.9 Å². The highest BCUT2D eigenvalue weighted by Crippen LogP contribution is 2.11. The van der Waals surface area contributed by atoms with Crippen LogP contribution in [0, 0.1) is 11.3 Å². The quantitative estimate of drug-likeness (QED) is 0.806. The van der Waals surface area contributed by atoms with E-state index in [0.717, 1.165) is 10.9 Å². The molecule has 9 heteroatoms. The fourth-order valence-electron chi connectivity index (χ4n) is 1.55. The zero-order chi connectivity index (χ0) is 17.5. The van der Waals surface area contributed by atoms with Crippen LogP contribution < -0.4 is 9.79 Å². The fourth-order valence-corrected chi connectivity index (χ4v) is 1.55. The molecule has 0 bridgehead atoms. The number of alkyl halides is 3. The summed E-state index contributed by atoms with van der Waals surface area (Å²) >= 11 is 0. The van der Waals surface area contributed by atoms with Crippen molar-refractivity contribution in [1.82, 2.24) is 5.10 Å². The molecule has 0 aliphatic heterocycles. The topological polar surface area (TPSA) is 101 Å². The fraction of sp³-hybridized carbons (Fsp3) is 0.286. The number of halogens is 3. The first-order valence-corrected chi connectivity index (χ1v) is 6.32. The summed E-state index contributed by atoms with van der Waals surface area (Å²) in [6.45, 7) is 0.346. The molecular weight excluding hydrogens is 315 g/mol. The van der Waals surface area contributed by atoms with Gasteiger partial charge in [0.1, 0.15) is 17.6 Å². The maximum Gasteiger partial charge on any atom is 0.430 e. The van der Waals surface area contributed by atoms with E-state index in [1.807, 2.05) is 42.6 Å². The predicted octanol–water partition coefficient (Wildman–Crippen LogP) is 0.0955. The van der Waals surface area contributed by atoms with E-state index in [2.05, 4.69) is 5.10 Å². The number of hydrogen-bond acceptors (Lipinski definition) is 5. The van der Waals surface area contributed by atoms with Gasteiger partial charge in [-0.15, -0.1) is 0 Å². The van der Waals surface area contributed by atoms with Crippen molar-refractivity contribution in [3.63, 3.8) is 0 Å². The van der Waals surface area contributed by atoms with Gasteiger partial charge in [0.05, 0.1) is 12.5 Å².